The second-order valence-corrected chi connectivity index (χ2v) is 6.49. The number of hydrazone groups is 1. The predicted molar refractivity (Wildman–Crippen MR) is 105 cm³/mol. The zero-order chi connectivity index (χ0) is 19.1. The zero-order valence-corrected chi connectivity index (χ0v) is 16.7. The number of hydrogen-bond donors (Lipinski definition) is 1. The maximum absolute atomic E-state index is 12.1. The van der Waals surface area contributed by atoms with Gasteiger partial charge in [0.1, 0.15) is 5.75 Å². The van der Waals surface area contributed by atoms with Crippen LogP contribution in [0.3, 0.4) is 0 Å². The molecule has 0 radical (unpaired) electrons. The number of nitrogens with zero attached hydrogens (tertiary/aromatic N) is 1. The minimum atomic E-state index is -0.328. The van der Waals surface area contributed by atoms with Crippen LogP contribution in [0.25, 0.3) is 0 Å². The zero-order valence-electron chi connectivity index (χ0n) is 15.1. The third-order valence-electron chi connectivity index (χ3n) is 3.32. The topological polar surface area (TPSA) is 69.2 Å². The first-order valence-corrected chi connectivity index (χ1v) is 8.75. The van der Waals surface area contributed by atoms with Crippen molar-refractivity contribution in [1.29, 1.82) is 0 Å². The first kappa shape index (κ1) is 19.8. The van der Waals surface area contributed by atoms with Crippen molar-refractivity contribution < 1.29 is 19.0 Å². The van der Waals surface area contributed by atoms with Crippen molar-refractivity contribution in [3.05, 3.63) is 52.0 Å². The number of halogens is 1. The lowest BCUT2D eigenvalue weighted by molar-refractivity contribution is 0.0955. The molecule has 0 heterocycles. The summed E-state index contributed by atoms with van der Waals surface area (Å²) in [6, 6.07) is 10.5. The molecule has 1 N–H and O–H groups in total. The Morgan fingerprint density at radius 1 is 1.19 bits per heavy atom. The first-order chi connectivity index (χ1) is 12.4. The van der Waals surface area contributed by atoms with Crippen LogP contribution >= 0.6 is 15.9 Å². The number of hydrogen-bond acceptors (Lipinski definition) is 5. The molecule has 0 aromatic heterocycles. The molecule has 0 unspecified atom stereocenters. The van der Waals surface area contributed by atoms with E-state index in [1.54, 1.807) is 44.6 Å². The van der Waals surface area contributed by atoms with Gasteiger partial charge in [-0.25, -0.2) is 5.43 Å². The number of carbonyl (C=O) groups excluding carboxylic acids is 1. The molecule has 0 aliphatic rings. The molecule has 2 aromatic rings. The van der Waals surface area contributed by atoms with Crippen molar-refractivity contribution in [2.75, 3.05) is 14.2 Å². The monoisotopic (exact) mass is 420 g/mol. The van der Waals surface area contributed by atoms with Crippen LogP contribution in [0.15, 0.2) is 46.0 Å². The summed E-state index contributed by atoms with van der Waals surface area (Å²) >= 11 is 3.47. The van der Waals surface area contributed by atoms with Gasteiger partial charge in [0.05, 0.1) is 31.0 Å². The van der Waals surface area contributed by atoms with E-state index in [1.165, 1.54) is 6.21 Å². The Hall–Kier alpha value is -2.54. The summed E-state index contributed by atoms with van der Waals surface area (Å²) in [7, 11) is 3.12. The Kier molecular flexibility index (Phi) is 7.03. The van der Waals surface area contributed by atoms with Crippen LogP contribution < -0.4 is 19.6 Å². The van der Waals surface area contributed by atoms with Crippen molar-refractivity contribution in [3.63, 3.8) is 0 Å². The molecule has 26 heavy (non-hydrogen) atoms. The highest BCUT2D eigenvalue weighted by molar-refractivity contribution is 9.10. The average Bonchev–Trinajstić information content (AvgIpc) is 2.63. The van der Waals surface area contributed by atoms with Gasteiger partial charge in [0, 0.05) is 5.56 Å². The van der Waals surface area contributed by atoms with Crippen molar-refractivity contribution in [3.8, 4) is 17.2 Å². The van der Waals surface area contributed by atoms with E-state index in [1.807, 2.05) is 19.9 Å². The minimum absolute atomic E-state index is 0.0156. The summed E-state index contributed by atoms with van der Waals surface area (Å²) in [4.78, 5) is 12.1. The molecular weight excluding hydrogens is 400 g/mol. The van der Waals surface area contributed by atoms with Gasteiger partial charge in [-0.1, -0.05) is 6.07 Å². The smallest absolute Gasteiger partial charge is 0.271 e. The van der Waals surface area contributed by atoms with Crippen molar-refractivity contribution >= 4 is 28.1 Å². The molecular formula is C19H21BrN2O4. The largest absolute Gasteiger partial charge is 0.497 e. The van der Waals surface area contributed by atoms with Crippen LogP contribution in [-0.4, -0.2) is 32.4 Å². The van der Waals surface area contributed by atoms with Crippen molar-refractivity contribution in [2.45, 2.75) is 20.0 Å². The van der Waals surface area contributed by atoms with Crippen molar-refractivity contribution in [2.24, 2.45) is 5.10 Å². The van der Waals surface area contributed by atoms with Crippen LogP contribution in [0, 0.1) is 0 Å². The number of methoxy groups -OCH3 is 2. The van der Waals surface area contributed by atoms with Crippen LogP contribution in [0.2, 0.25) is 0 Å². The first-order valence-electron chi connectivity index (χ1n) is 7.96. The van der Waals surface area contributed by atoms with Crippen LogP contribution in [0.5, 0.6) is 17.2 Å². The van der Waals surface area contributed by atoms with Gasteiger partial charge >= 0.3 is 0 Å². The summed E-state index contributed by atoms with van der Waals surface area (Å²) in [5, 5.41) is 4.00. The van der Waals surface area contributed by atoms with Crippen LogP contribution in [0.1, 0.15) is 29.8 Å². The Morgan fingerprint density at radius 3 is 2.62 bits per heavy atom. The predicted octanol–water partition coefficient (Wildman–Crippen LogP) is 4.02. The normalized spacial score (nSPS) is 10.8. The van der Waals surface area contributed by atoms with Gasteiger partial charge in [-0.15, -0.1) is 0 Å². The molecule has 0 saturated heterocycles. The lowest BCUT2D eigenvalue weighted by Crippen LogP contribution is -2.17. The van der Waals surface area contributed by atoms with E-state index in [4.69, 9.17) is 14.2 Å². The summed E-state index contributed by atoms with van der Waals surface area (Å²) in [6.07, 6.45) is 1.55. The molecule has 0 bridgehead atoms. The molecule has 6 nitrogen and oxygen atoms in total. The van der Waals surface area contributed by atoms with E-state index in [0.29, 0.717) is 22.8 Å². The standard InChI is InChI=1S/C19H21BrN2O4/c1-12(2)26-18-16(20)8-13(9-17(18)25-4)11-21-22-19(23)14-6-5-7-15(10-14)24-3/h5-12H,1-4H3,(H,22,23)/b21-11+. The minimum Gasteiger partial charge on any atom is -0.497 e. The van der Waals surface area contributed by atoms with E-state index >= 15 is 0 Å². The fraction of sp³-hybridized carbons (Fsp3) is 0.263. The molecule has 1 amide bonds. The summed E-state index contributed by atoms with van der Waals surface area (Å²) in [5.41, 5.74) is 3.70. The highest BCUT2D eigenvalue weighted by Crippen LogP contribution is 2.36. The maximum atomic E-state index is 12.1. The molecule has 0 aliphatic carbocycles. The Morgan fingerprint density at radius 2 is 1.96 bits per heavy atom. The number of carbonyl (C=O) groups is 1. The average molecular weight is 421 g/mol. The van der Waals surface area contributed by atoms with Gasteiger partial charge in [-0.3, -0.25) is 4.79 Å². The van der Waals surface area contributed by atoms with Gasteiger partial charge in [0.15, 0.2) is 11.5 Å². The third kappa shape index (κ3) is 5.23. The second kappa shape index (κ2) is 9.24. The van der Waals surface area contributed by atoms with Gasteiger partial charge in [-0.2, -0.15) is 5.10 Å². The molecule has 0 aliphatic heterocycles. The van der Waals surface area contributed by atoms with Gasteiger partial charge in [0.25, 0.3) is 5.91 Å². The fourth-order valence-corrected chi connectivity index (χ4v) is 2.71. The van der Waals surface area contributed by atoms with Gasteiger partial charge in [0.2, 0.25) is 0 Å². The molecule has 0 atom stereocenters. The molecule has 7 heteroatoms. The number of ether oxygens (including phenoxy) is 3. The molecule has 0 spiro atoms. The van der Waals surface area contributed by atoms with Gasteiger partial charge < -0.3 is 14.2 Å². The summed E-state index contributed by atoms with van der Waals surface area (Å²) < 4.78 is 17.0. The fourth-order valence-electron chi connectivity index (χ4n) is 2.16. The van der Waals surface area contributed by atoms with Crippen molar-refractivity contribution in [1.82, 2.24) is 5.43 Å². The Balaban J connectivity index is 2.12. The lowest BCUT2D eigenvalue weighted by atomic mass is 10.2. The number of rotatable bonds is 7. The Bertz CT molecular complexity index is 806. The van der Waals surface area contributed by atoms with Crippen LogP contribution in [-0.2, 0) is 0 Å². The van der Waals surface area contributed by atoms with E-state index < -0.39 is 0 Å². The number of amides is 1. The quantitative estimate of drug-likeness (QED) is 0.542. The van der Waals surface area contributed by atoms with Crippen LogP contribution in [0.4, 0.5) is 0 Å². The van der Waals surface area contributed by atoms with Gasteiger partial charge in [-0.05, 0) is 65.7 Å². The summed E-state index contributed by atoms with van der Waals surface area (Å²) in [5.74, 6) is 1.48. The highest BCUT2D eigenvalue weighted by atomic mass is 79.9. The molecule has 138 valence electrons. The molecule has 2 rings (SSSR count). The molecule has 2 aromatic carbocycles. The highest BCUT2D eigenvalue weighted by Gasteiger charge is 2.12. The number of benzene rings is 2. The lowest BCUT2D eigenvalue weighted by Gasteiger charge is -2.15. The Labute approximate surface area is 161 Å². The summed E-state index contributed by atoms with van der Waals surface area (Å²) in [6.45, 7) is 3.88. The van der Waals surface area contributed by atoms with E-state index in [2.05, 4.69) is 26.5 Å². The SMILES string of the molecule is COc1cccc(C(=O)N/N=C/c2cc(Br)c(OC(C)C)c(OC)c2)c1. The number of nitrogens with one attached hydrogen (secondary N) is 1. The van der Waals surface area contributed by atoms with E-state index in [-0.39, 0.29) is 12.0 Å². The maximum Gasteiger partial charge on any atom is 0.271 e. The van der Waals surface area contributed by atoms with E-state index in [0.717, 1.165) is 10.0 Å². The third-order valence-corrected chi connectivity index (χ3v) is 3.91. The van der Waals surface area contributed by atoms with E-state index in [9.17, 15) is 4.79 Å². The molecule has 0 saturated carbocycles. The second-order valence-electron chi connectivity index (χ2n) is 5.63. The molecule has 0 fully saturated rings.